The standard InChI is InChI=1S/C13H7Cl3F3NO2S/c14-8-1-3-9(4-2-8)20-23(21,22)11-6-7(13(17,18)19)5-10(15)12(11)16/h1-6,20H. The molecule has 0 unspecified atom stereocenters. The van der Waals surface area contributed by atoms with Gasteiger partial charge in [-0.2, -0.15) is 13.2 Å². The second kappa shape index (κ2) is 6.39. The van der Waals surface area contributed by atoms with Crippen LogP contribution in [0.25, 0.3) is 0 Å². The van der Waals surface area contributed by atoms with E-state index in [1.807, 2.05) is 0 Å². The number of alkyl halides is 3. The van der Waals surface area contributed by atoms with Gasteiger partial charge in [0.25, 0.3) is 10.0 Å². The third kappa shape index (κ3) is 4.23. The lowest BCUT2D eigenvalue weighted by Gasteiger charge is -2.14. The van der Waals surface area contributed by atoms with Crippen molar-refractivity contribution in [1.29, 1.82) is 0 Å². The molecule has 0 radical (unpaired) electrons. The number of anilines is 1. The number of benzene rings is 2. The highest BCUT2D eigenvalue weighted by atomic mass is 35.5. The topological polar surface area (TPSA) is 46.2 Å². The molecule has 0 spiro atoms. The second-order valence-electron chi connectivity index (χ2n) is 4.38. The predicted octanol–water partition coefficient (Wildman–Crippen LogP) is 5.47. The van der Waals surface area contributed by atoms with E-state index >= 15 is 0 Å². The molecule has 0 heterocycles. The first-order valence-electron chi connectivity index (χ1n) is 5.85. The Bertz CT molecular complexity index is 837. The zero-order valence-electron chi connectivity index (χ0n) is 11.0. The van der Waals surface area contributed by atoms with Gasteiger partial charge in [0.1, 0.15) is 4.90 Å². The highest BCUT2D eigenvalue weighted by molar-refractivity contribution is 7.92. The maximum atomic E-state index is 12.8. The Morgan fingerprint density at radius 1 is 0.957 bits per heavy atom. The van der Waals surface area contributed by atoms with Crippen LogP contribution >= 0.6 is 34.8 Å². The number of hydrogen-bond donors (Lipinski definition) is 1. The number of nitrogens with one attached hydrogen (secondary N) is 1. The number of sulfonamides is 1. The summed E-state index contributed by atoms with van der Waals surface area (Å²) in [6.07, 6.45) is -4.77. The number of halogens is 6. The third-order valence-corrected chi connectivity index (χ3v) is 5.28. The van der Waals surface area contributed by atoms with Gasteiger partial charge in [0, 0.05) is 10.7 Å². The van der Waals surface area contributed by atoms with Crippen molar-refractivity contribution in [3.63, 3.8) is 0 Å². The fourth-order valence-corrected chi connectivity index (χ4v) is 3.65. The number of rotatable bonds is 3. The lowest BCUT2D eigenvalue weighted by atomic mass is 10.2. The Morgan fingerprint density at radius 3 is 2.04 bits per heavy atom. The molecule has 3 nitrogen and oxygen atoms in total. The van der Waals surface area contributed by atoms with E-state index in [1.54, 1.807) is 0 Å². The van der Waals surface area contributed by atoms with Crippen LogP contribution in [0.2, 0.25) is 15.1 Å². The molecule has 0 saturated heterocycles. The van der Waals surface area contributed by atoms with Crippen molar-refractivity contribution in [2.75, 3.05) is 4.72 Å². The molecule has 1 N–H and O–H groups in total. The van der Waals surface area contributed by atoms with Gasteiger partial charge in [-0.25, -0.2) is 8.42 Å². The van der Waals surface area contributed by atoms with E-state index in [9.17, 15) is 21.6 Å². The highest BCUT2D eigenvalue weighted by Gasteiger charge is 2.34. The Morgan fingerprint density at radius 2 is 1.52 bits per heavy atom. The van der Waals surface area contributed by atoms with E-state index in [0.717, 1.165) is 0 Å². The molecule has 0 atom stereocenters. The second-order valence-corrected chi connectivity index (χ2v) is 7.25. The zero-order valence-corrected chi connectivity index (χ0v) is 14.0. The Hall–Kier alpha value is -1.15. The summed E-state index contributed by atoms with van der Waals surface area (Å²) in [6, 6.07) is 6.52. The summed E-state index contributed by atoms with van der Waals surface area (Å²) in [5.41, 5.74) is -1.11. The van der Waals surface area contributed by atoms with Crippen LogP contribution in [-0.2, 0) is 16.2 Å². The maximum absolute atomic E-state index is 12.8. The molecule has 0 saturated carbocycles. The van der Waals surface area contributed by atoms with Crippen LogP contribution in [-0.4, -0.2) is 8.42 Å². The van der Waals surface area contributed by atoms with E-state index in [-0.39, 0.29) is 5.69 Å². The van der Waals surface area contributed by atoms with Gasteiger partial charge in [-0.3, -0.25) is 4.72 Å². The van der Waals surface area contributed by atoms with Crippen molar-refractivity contribution in [2.24, 2.45) is 0 Å². The maximum Gasteiger partial charge on any atom is 0.416 e. The summed E-state index contributed by atoms with van der Waals surface area (Å²) < 4.78 is 65.1. The van der Waals surface area contributed by atoms with Crippen molar-refractivity contribution in [2.45, 2.75) is 11.1 Å². The molecule has 0 aromatic heterocycles. The first kappa shape index (κ1) is 18.2. The molecule has 0 aliphatic rings. The molecule has 10 heteroatoms. The molecule has 2 rings (SSSR count). The van der Waals surface area contributed by atoms with Crippen LogP contribution in [0.15, 0.2) is 41.3 Å². The normalized spacial score (nSPS) is 12.3. The Kier molecular flexibility index (Phi) is 5.06. The first-order valence-corrected chi connectivity index (χ1v) is 8.47. The summed E-state index contributed by atoms with van der Waals surface area (Å²) in [5.74, 6) is 0. The van der Waals surface area contributed by atoms with Gasteiger partial charge in [0.2, 0.25) is 0 Å². The largest absolute Gasteiger partial charge is 0.416 e. The molecular weight excluding hydrogens is 398 g/mol. The van der Waals surface area contributed by atoms with Gasteiger partial charge in [0.15, 0.2) is 0 Å². The lowest BCUT2D eigenvalue weighted by Crippen LogP contribution is -2.15. The fourth-order valence-electron chi connectivity index (χ4n) is 1.65. The molecule has 0 aliphatic heterocycles. The Balaban J connectivity index is 2.50. The quantitative estimate of drug-likeness (QED) is 0.738. The number of hydrogen-bond acceptors (Lipinski definition) is 2. The molecule has 23 heavy (non-hydrogen) atoms. The van der Waals surface area contributed by atoms with Crippen molar-refractivity contribution in [3.05, 3.63) is 57.0 Å². The average molecular weight is 405 g/mol. The minimum absolute atomic E-state index is 0.110. The van der Waals surface area contributed by atoms with Gasteiger partial charge in [-0.05, 0) is 36.4 Å². The molecule has 0 aliphatic carbocycles. The lowest BCUT2D eigenvalue weighted by molar-refractivity contribution is -0.137. The predicted molar refractivity (Wildman–Crippen MR) is 83.7 cm³/mol. The van der Waals surface area contributed by atoms with Crippen LogP contribution < -0.4 is 4.72 Å². The van der Waals surface area contributed by atoms with Gasteiger partial charge >= 0.3 is 6.18 Å². The van der Waals surface area contributed by atoms with Crippen LogP contribution in [0, 0.1) is 0 Å². The molecule has 124 valence electrons. The average Bonchev–Trinajstić information content (AvgIpc) is 2.42. The van der Waals surface area contributed by atoms with Crippen molar-refractivity contribution < 1.29 is 21.6 Å². The molecular formula is C13H7Cl3F3NO2S. The van der Waals surface area contributed by atoms with Crippen LogP contribution in [0.5, 0.6) is 0 Å². The smallest absolute Gasteiger partial charge is 0.280 e. The summed E-state index contributed by atoms with van der Waals surface area (Å²) in [5, 5.41) is -0.646. The summed E-state index contributed by atoms with van der Waals surface area (Å²) in [4.78, 5) is -0.769. The summed E-state index contributed by atoms with van der Waals surface area (Å²) >= 11 is 17.0. The molecule has 2 aromatic carbocycles. The Labute approximate surface area is 145 Å². The van der Waals surface area contributed by atoms with E-state index < -0.39 is 36.7 Å². The van der Waals surface area contributed by atoms with Gasteiger partial charge in [0.05, 0.1) is 15.6 Å². The van der Waals surface area contributed by atoms with Crippen LogP contribution in [0.4, 0.5) is 18.9 Å². The highest BCUT2D eigenvalue weighted by Crippen LogP contribution is 2.38. The summed E-state index contributed by atoms with van der Waals surface area (Å²) in [6.45, 7) is 0. The molecule has 0 bridgehead atoms. The van der Waals surface area contributed by atoms with Crippen molar-refractivity contribution in [3.8, 4) is 0 Å². The van der Waals surface area contributed by atoms with Crippen molar-refractivity contribution in [1.82, 2.24) is 0 Å². The van der Waals surface area contributed by atoms with E-state index in [0.29, 0.717) is 17.2 Å². The molecule has 0 fully saturated rings. The monoisotopic (exact) mass is 403 g/mol. The summed E-state index contributed by atoms with van der Waals surface area (Å²) in [7, 11) is -4.37. The molecule has 0 amide bonds. The minimum atomic E-state index is -4.77. The fraction of sp³-hybridized carbons (Fsp3) is 0.0769. The molecule has 2 aromatic rings. The van der Waals surface area contributed by atoms with Gasteiger partial charge < -0.3 is 0 Å². The minimum Gasteiger partial charge on any atom is -0.280 e. The van der Waals surface area contributed by atoms with Crippen LogP contribution in [0.3, 0.4) is 0 Å². The zero-order chi connectivity index (χ0) is 17.4. The van der Waals surface area contributed by atoms with E-state index in [4.69, 9.17) is 34.8 Å². The first-order chi connectivity index (χ1) is 10.5. The van der Waals surface area contributed by atoms with Gasteiger partial charge in [-0.15, -0.1) is 0 Å². The third-order valence-electron chi connectivity index (χ3n) is 2.71. The van der Waals surface area contributed by atoms with Crippen LogP contribution in [0.1, 0.15) is 5.56 Å². The van der Waals surface area contributed by atoms with E-state index in [1.165, 1.54) is 24.3 Å². The SMILES string of the molecule is O=S(=O)(Nc1ccc(Cl)cc1)c1cc(C(F)(F)F)cc(Cl)c1Cl. The van der Waals surface area contributed by atoms with Crippen molar-refractivity contribution >= 4 is 50.5 Å². The van der Waals surface area contributed by atoms with Gasteiger partial charge in [-0.1, -0.05) is 34.8 Å². The van der Waals surface area contributed by atoms with E-state index in [2.05, 4.69) is 4.72 Å².